The van der Waals surface area contributed by atoms with Crippen molar-refractivity contribution < 1.29 is 4.74 Å². The van der Waals surface area contributed by atoms with E-state index in [-0.39, 0.29) is 6.04 Å². The Bertz CT molecular complexity index is 586. The fraction of sp³-hybridized carbons (Fsp3) is 0.312. The molecule has 0 radical (unpaired) electrons. The Morgan fingerprint density at radius 2 is 2.10 bits per heavy atom. The molecule has 0 aliphatic heterocycles. The number of rotatable bonds is 5. The van der Waals surface area contributed by atoms with E-state index in [1.54, 1.807) is 7.11 Å². The molecular formula is C16H19ClN2O. The Morgan fingerprint density at radius 1 is 1.30 bits per heavy atom. The van der Waals surface area contributed by atoms with Crippen molar-refractivity contribution in [3.63, 3.8) is 0 Å². The van der Waals surface area contributed by atoms with Crippen molar-refractivity contribution in [2.24, 2.45) is 0 Å². The lowest BCUT2D eigenvalue weighted by atomic mass is 10.0. The molecule has 2 aromatic rings. The minimum absolute atomic E-state index is 0.0338. The van der Waals surface area contributed by atoms with Crippen LogP contribution < -0.4 is 10.1 Å². The zero-order chi connectivity index (χ0) is 14.5. The first kappa shape index (κ1) is 14.8. The molecule has 0 aliphatic rings. The van der Waals surface area contributed by atoms with Crippen molar-refractivity contribution in [1.29, 1.82) is 0 Å². The van der Waals surface area contributed by atoms with Crippen LogP contribution in [-0.2, 0) is 0 Å². The lowest BCUT2D eigenvalue weighted by molar-refractivity contribution is 0.404. The normalized spacial score (nSPS) is 12.2. The van der Waals surface area contributed by atoms with Gasteiger partial charge in [-0.3, -0.25) is 4.98 Å². The molecule has 1 aromatic carbocycles. The Labute approximate surface area is 124 Å². The van der Waals surface area contributed by atoms with Crippen molar-refractivity contribution in [3.8, 4) is 5.75 Å². The Morgan fingerprint density at radius 3 is 2.75 bits per heavy atom. The molecule has 1 N–H and O–H groups in total. The van der Waals surface area contributed by atoms with Crippen molar-refractivity contribution in [2.75, 3.05) is 13.7 Å². The van der Waals surface area contributed by atoms with Crippen LogP contribution in [0.4, 0.5) is 0 Å². The summed E-state index contributed by atoms with van der Waals surface area (Å²) in [5.41, 5.74) is 2.96. The summed E-state index contributed by atoms with van der Waals surface area (Å²) >= 11 is 6.13. The zero-order valence-corrected chi connectivity index (χ0v) is 12.7. The second-order valence-electron chi connectivity index (χ2n) is 4.58. The maximum Gasteiger partial charge on any atom is 0.124 e. The molecule has 0 saturated carbocycles. The molecule has 0 fully saturated rings. The van der Waals surface area contributed by atoms with E-state index in [1.807, 2.05) is 43.3 Å². The van der Waals surface area contributed by atoms with Crippen LogP contribution in [0, 0.1) is 6.92 Å². The van der Waals surface area contributed by atoms with E-state index in [0.29, 0.717) is 5.02 Å². The second-order valence-corrected chi connectivity index (χ2v) is 5.02. The lowest BCUT2D eigenvalue weighted by Crippen LogP contribution is -2.23. The minimum Gasteiger partial charge on any atom is -0.496 e. The summed E-state index contributed by atoms with van der Waals surface area (Å²) in [4.78, 5) is 4.61. The van der Waals surface area contributed by atoms with Gasteiger partial charge in [-0.1, -0.05) is 24.6 Å². The van der Waals surface area contributed by atoms with Crippen molar-refractivity contribution >= 4 is 11.6 Å². The molecule has 2 rings (SSSR count). The van der Waals surface area contributed by atoms with E-state index in [9.17, 15) is 0 Å². The summed E-state index contributed by atoms with van der Waals surface area (Å²) in [5.74, 6) is 0.809. The molecule has 106 valence electrons. The average Bonchev–Trinajstić information content (AvgIpc) is 2.44. The van der Waals surface area contributed by atoms with E-state index < -0.39 is 0 Å². The van der Waals surface area contributed by atoms with Crippen LogP contribution in [0.25, 0.3) is 0 Å². The minimum atomic E-state index is -0.0338. The van der Waals surface area contributed by atoms with E-state index in [4.69, 9.17) is 16.3 Å². The number of halogens is 1. The van der Waals surface area contributed by atoms with Crippen molar-refractivity contribution in [3.05, 3.63) is 58.4 Å². The number of hydrogen-bond acceptors (Lipinski definition) is 3. The van der Waals surface area contributed by atoms with Crippen LogP contribution in [0.15, 0.2) is 36.4 Å². The number of benzene rings is 1. The molecule has 3 nitrogen and oxygen atoms in total. The summed E-state index contributed by atoms with van der Waals surface area (Å²) in [6.07, 6.45) is 0. The highest BCUT2D eigenvalue weighted by Crippen LogP contribution is 2.31. The number of aryl methyl sites for hydroxylation is 1. The molecule has 0 saturated heterocycles. The van der Waals surface area contributed by atoms with Crippen LogP contribution in [0.1, 0.15) is 29.9 Å². The van der Waals surface area contributed by atoms with Gasteiger partial charge in [0.1, 0.15) is 5.75 Å². The number of pyridine rings is 1. The number of hydrogen-bond donors (Lipinski definition) is 1. The van der Waals surface area contributed by atoms with E-state index in [1.165, 1.54) is 0 Å². The Kier molecular flexibility index (Phi) is 4.99. The maximum absolute atomic E-state index is 6.13. The van der Waals surface area contributed by atoms with E-state index >= 15 is 0 Å². The number of methoxy groups -OCH3 is 1. The molecule has 0 bridgehead atoms. The van der Waals surface area contributed by atoms with Gasteiger partial charge in [0.05, 0.1) is 18.8 Å². The molecule has 0 spiro atoms. The molecule has 0 aliphatic carbocycles. The van der Waals surface area contributed by atoms with E-state index in [0.717, 1.165) is 29.2 Å². The first-order valence-electron chi connectivity index (χ1n) is 6.66. The molecule has 1 atom stereocenters. The average molecular weight is 291 g/mol. The number of ether oxygens (including phenoxy) is 1. The summed E-state index contributed by atoms with van der Waals surface area (Å²) in [6.45, 7) is 4.89. The summed E-state index contributed by atoms with van der Waals surface area (Å²) < 4.78 is 5.45. The standard InChI is InChI=1S/C16H19ClN2O/c1-4-18-16(14-7-5-6-11(2)19-14)13-10-12(17)8-9-15(13)20-3/h5-10,16,18H,4H2,1-3H3. The zero-order valence-electron chi connectivity index (χ0n) is 12.0. The molecule has 1 unspecified atom stereocenters. The number of nitrogens with one attached hydrogen (secondary N) is 1. The van der Waals surface area contributed by atoms with E-state index in [2.05, 4.69) is 17.2 Å². The fourth-order valence-electron chi connectivity index (χ4n) is 2.23. The first-order valence-corrected chi connectivity index (χ1v) is 7.04. The highest BCUT2D eigenvalue weighted by molar-refractivity contribution is 6.30. The van der Waals surface area contributed by atoms with Crippen LogP contribution >= 0.6 is 11.6 Å². The van der Waals surface area contributed by atoms with Gasteiger partial charge in [0.25, 0.3) is 0 Å². The molecule has 0 amide bonds. The van der Waals surface area contributed by atoms with Gasteiger partial charge >= 0.3 is 0 Å². The van der Waals surface area contributed by atoms with Gasteiger partial charge in [-0.05, 0) is 43.8 Å². The van der Waals surface area contributed by atoms with Gasteiger partial charge in [-0.15, -0.1) is 0 Å². The van der Waals surface area contributed by atoms with Gasteiger partial charge in [0, 0.05) is 16.3 Å². The van der Waals surface area contributed by atoms with Crippen LogP contribution in [0.2, 0.25) is 5.02 Å². The van der Waals surface area contributed by atoms with Crippen LogP contribution in [0.3, 0.4) is 0 Å². The monoisotopic (exact) mass is 290 g/mol. The smallest absolute Gasteiger partial charge is 0.124 e. The molecule has 1 aromatic heterocycles. The number of aromatic nitrogens is 1. The summed E-state index contributed by atoms with van der Waals surface area (Å²) in [7, 11) is 1.67. The molecular weight excluding hydrogens is 272 g/mol. The third kappa shape index (κ3) is 3.30. The first-order chi connectivity index (χ1) is 9.65. The van der Waals surface area contributed by atoms with Crippen LogP contribution in [0.5, 0.6) is 5.75 Å². The van der Waals surface area contributed by atoms with Gasteiger partial charge in [-0.25, -0.2) is 0 Å². The fourth-order valence-corrected chi connectivity index (χ4v) is 2.41. The lowest BCUT2D eigenvalue weighted by Gasteiger charge is -2.21. The predicted octanol–water partition coefficient (Wildman–Crippen LogP) is 3.75. The third-order valence-electron chi connectivity index (χ3n) is 3.12. The van der Waals surface area contributed by atoms with Gasteiger partial charge in [-0.2, -0.15) is 0 Å². The summed E-state index contributed by atoms with van der Waals surface area (Å²) in [6, 6.07) is 11.6. The highest BCUT2D eigenvalue weighted by atomic mass is 35.5. The van der Waals surface area contributed by atoms with Gasteiger partial charge < -0.3 is 10.1 Å². The molecule has 1 heterocycles. The quantitative estimate of drug-likeness (QED) is 0.910. The maximum atomic E-state index is 6.13. The number of nitrogens with zero attached hydrogens (tertiary/aromatic N) is 1. The Hall–Kier alpha value is -1.58. The summed E-state index contributed by atoms with van der Waals surface area (Å²) in [5, 5.41) is 4.13. The SMILES string of the molecule is CCNC(c1cccc(C)n1)c1cc(Cl)ccc1OC. The predicted molar refractivity (Wildman–Crippen MR) is 82.5 cm³/mol. The molecule has 4 heteroatoms. The topological polar surface area (TPSA) is 34.2 Å². The second kappa shape index (κ2) is 6.73. The van der Waals surface area contributed by atoms with Crippen LogP contribution in [-0.4, -0.2) is 18.6 Å². The highest BCUT2D eigenvalue weighted by Gasteiger charge is 2.19. The largest absolute Gasteiger partial charge is 0.496 e. The molecule has 20 heavy (non-hydrogen) atoms. The third-order valence-corrected chi connectivity index (χ3v) is 3.35. The van der Waals surface area contributed by atoms with Gasteiger partial charge in [0.15, 0.2) is 0 Å². The van der Waals surface area contributed by atoms with Crippen molar-refractivity contribution in [2.45, 2.75) is 19.9 Å². The van der Waals surface area contributed by atoms with Crippen molar-refractivity contribution in [1.82, 2.24) is 10.3 Å². The van der Waals surface area contributed by atoms with Gasteiger partial charge in [0.2, 0.25) is 0 Å². The Balaban J connectivity index is 2.50.